The second-order valence-electron chi connectivity index (χ2n) is 6.15. The third-order valence-corrected chi connectivity index (χ3v) is 6.74. The molecular weight excluding hydrogens is 402 g/mol. The predicted molar refractivity (Wildman–Crippen MR) is 104 cm³/mol. The molecule has 2 aromatic carbocycles. The van der Waals surface area contributed by atoms with Crippen molar-refractivity contribution in [2.45, 2.75) is 4.90 Å². The SMILES string of the molecule is COc1ccc(Cl)cc1C(=O)N1CCN(S(=O)(=O)c2ccccc2C#N)CC1. The van der Waals surface area contributed by atoms with Crippen molar-refractivity contribution in [3.8, 4) is 11.8 Å². The molecule has 1 fully saturated rings. The number of benzene rings is 2. The number of nitriles is 1. The fourth-order valence-electron chi connectivity index (χ4n) is 3.07. The van der Waals surface area contributed by atoms with Gasteiger partial charge in [0, 0.05) is 31.2 Å². The summed E-state index contributed by atoms with van der Waals surface area (Å²) < 4.78 is 32.3. The van der Waals surface area contributed by atoms with Crippen LogP contribution < -0.4 is 4.74 Å². The summed E-state index contributed by atoms with van der Waals surface area (Å²) in [5.41, 5.74) is 0.436. The number of hydrogen-bond acceptors (Lipinski definition) is 5. The first-order valence-corrected chi connectivity index (χ1v) is 10.3. The molecule has 0 atom stereocenters. The van der Waals surface area contributed by atoms with Crippen LogP contribution in [0.5, 0.6) is 5.75 Å². The molecule has 7 nitrogen and oxygen atoms in total. The third-order valence-electron chi connectivity index (χ3n) is 4.54. The molecule has 0 spiro atoms. The molecule has 9 heteroatoms. The van der Waals surface area contributed by atoms with Crippen LogP contribution in [0.2, 0.25) is 5.02 Å². The highest BCUT2D eigenvalue weighted by molar-refractivity contribution is 7.89. The minimum absolute atomic E-state index is 0.0196. The van der Waals surface area contributed by atoms with Crippen LogP contribution in [0.1, 0.15) is 15.9 Å². The number of rotatable bonds is 4. The Morgan fingerprint density at radius 1 is 1.14 bits per heavy atom. The van der Waals surface area contributed by atoms with Crippen molar-refractivity contribution in [2.75, 3.05) is 33.3 Å². The van der Waals surface area contributed by atoms with Gasteiger partial charge < -0.3 is 9.64 Å². The Kier molecular flexibility index (Phi) is 5.89. The van der Waals surface area contributed by atoms with Gasteiger partial charge in [-0.1, -0.05) is 23.7 Å². The minimum atomic E-state index is -3.81. The van der Waals surface area contributed by atoms with E-state index >= 15 is 0 Å². The maximum atomic E-state index is 12.9. The number of sulfonamides is 1. The lowest BCUT2D eigenvalue weighted by atomic mass is 10.1. The van der Waals surface area contributed by atoms with E-state index < -0.39 is 10.0 Å². The lowest BCUT2D eigenvalue weighted by Gasteiger charge is -2.34. The number of piperazine rings is 1. The zero-order chi connectivity index (χ0) is 20.3. The molecule has 0 unspecified atom stereocenters. The Morgan fingerprint density at radius 2 is 1.82 bits per heavy atom. The number of ether oxygens (including phenoxy) is 1. The highest BCUT2D eigenvalue weighted by Crippen LogP contribution is 2.26. The van der Waals surface area contributed by atoms with Crippen molar-refractivity contribution < 1.29 is 17.9 Å². The first-order valence-electron chi connectivity index (χ1n) is 8.50. The number of halogens is 1. The molecule has 146 valence electrons. The third kappa shape index (κ3) is 3.83. The molecule has 3 rings (SSSR count). The molecule has 0 saturated carbocycles. The average molecular weight is 420 g/mol. The van der Waals surface area contributed by atoms with E-state index in [1.807, 2.05) is 6.07 Å². The Balaban J connectivity index is 1.77. The molecule has 0 N–H and O–H groups in total. The van der Waals surface area contributed by atoms with Crippen LogP contribution in [0, 0.1) is 11.3 Å². The van der Waals surface area contributed by atoms with E-state index in [-0.39, 0.29) is 42.5 Å². The van der Waals surface area contributed by atoms with Crippen LogP contribution in [0.25, 0.3) is 0 Å². The summed E-state index contributed by atoms with van der Waals surface area (Å²) in [6.45, 7) is 0.721. The highest BCUT2D eigenvalue weighted by Gasteiger charge is 2.32. The molecule has 1 heterocycles. The summed E-state index contributed by atoms with van der Waals surface area (Å²) in [4.78, 5) is 14.4. The van der Waals surface area contributed by atoms with Crippen molar-refractivity contribution in [1.29, 1.82) is 5.26 Å². The maximum Gasteiger partial charge on any atom is 0.257 e. The Hall–Kier alpha value is -2.60. The van der Waals surface area contributed by atoms with Crippen LogP contribution in [0.4, 0.5) is 0 Å². The molecule has 0 aliphatic carbocycles. The van der Waals surface area contributed by atoms with Crippen LogP contribution in [-0.4, -0.2) is 56.8 Å². The highest BCUT2D eigenvalue weighted by atomic mass is 35.5. The number of carbonyl (C=O) groups excluding carboxylic acids is 1. The van der Waals surface area contributed by atoms with Crippen LogP contribution in [0.3, 0.4) is 0 Å². The quantitative estimate of drug-likeness (QED) is 0.758. The molecule has 1 aliphatic rings. The normalized spacial score (nSPS) is 15.1. The standard InChI is InChI=1S/C19H18ClN3O4S/c1-27-17-7-6-15(20)12-16(17)19(24)22-8-10-23(11-9-22)28(25,26)18-5-3-2-4-14(18)13-21/h2-7,12H,8-11H2,1H3. The zero-order valence-electron chi connectivity index (χ0n) is 15.1. The van der Waals surface area contributed by atoms with Crippen molar-refractivity contribution in [2.24, 2.45) is 0 Å². The summed E-state index contributed by atoms with van der Waals surface area (Å²) in [7, 11) is -2.34. The summed E-state index contributed by atoms with van der Waals surface area (Å²) in [6, 6.07) is 12.8. The van der Waals surface area contributed by atoms with Gasteiger partial charge in [-0.25, -0.2) is 8.42 Å². The van der Waals surface area contributed by atoms with Gasteiger partial charge in [0.2, 0.25) is 10.0 Å². The molecule has 0 bridgehead atoms. The molecule has 28 heavy (non-hydrogen) atoms. The minimum Gasteiger partial charge on any atom is -0.496 e. The smallest absolute Gasteiger partial charge is 0.257 e. The topological polar surface area (TPSA) is 90.7 Å². The van der Waals surface area contributed by atoms with Gasteiger partial charge in [-0.05, 0) is 30.3 Å². The van der Waals surface area contributed by atoms with Gasteiger partial charge >= 0.3 is 0 Å². The molecule has 2 aromatic rings. The van der Waals surface area contributed by atoms with Crippen LogP contribution in [-0.2, 0) is 10.0 Å². The van der Waals surface area contributed by atoms with Gasteiger partial charge in [0.1, 0.15) is 11.8 Å². The fourth-order valence-corrected chi connectivity index (χ4v) is 4.81. The van der Waals surface area contributed by atoms with Gasteiger partial charge in [0.05, 0.1) is 23.1 Å². The van der Waals surface area contributed by atoms with Gasteiger partial charge in [0.15, 0.2) is 0 Å². The zero-order valence-corrected chi connectivity index (χ0v) is 16.7. The fraction of sp³-hybridized carbons (Fsp3) is 0.263. The summed E-state index contributed by atoms with van der Waals surface area (Å²) in [5.74, 6) is 0.140. The Bertz CT molecular complexity index is 1040. The van der Waals surface area contributed by atoms with Crippen LogP contribution in [0.15, 0.2) is 47.4 Å². The number of carbonyl (C=O) groups is 1. The van der Waals surface area contributed by atoms with Crippen molar-refractivity contribution in [3.63, 3.8) is 0 Å². The summed E-state index contributed by atoms with van der Waals surface area (Å²) in [5, 5.41) is 9.60. The second-order valence-corrected chi connectivity index (χ2v) is 8.49. The first kappa shape index (κ1) is 20.1. The lowest BCUT2D eigenvalue weighted by Crippen LogP contribution is -2.50. The average Bonchev–Trinajstić information content (AvgIpc) is 2.73. The number of methoxy groups -OCH3 is 1. The summed E-state index contributed by atoms with van der Waals surface area (Å²) in [6.07, 6.45) is 0. The Morgan fingerprint density at radius 3 is 2.46 bits per heavy atom. The monoisotopic (exact) mass is 419 g/mol. The number of amides is 1. The summed E-state index contributed by atoms with van der Waals surface area (Å²) >= 11 is 6.00. The van der Waals surface area contributed by atoms with E-state index in [4.69, 9.17) is 16.3 Å². The van der Waals surface area contributed by atoms with Crippen molar-refractivity contribution >= 4 is 27.5 Å². The van der Waals surface area contributed by atoms with E-state index in [2.05, 4.69) is 0 Å². The van der Waals surface area contributed by atoms with Crippen molar-refractivity contribution in [1.82, 2.24) is 9.21 Å². The van der Waals surface area contributed by atoms with Crippen molar-refractivity contribution in [3.05, 3.63) is 58.6 Å². The molecular formula is C19H18ClN3O4S. The lowest BCUT2D eigenvalue weighted by molar-refractivity contribution is 0.0694. The molecule has 0 aromatic heterocycles. The van der Waals surface area contributed by atoms with Gasteiger partial charge in [-0.15, -0.1) is 0 Å². The predicted octanol–water partition coefficient (Wildman–Crippen LogP) is 2.37. The first-order chi connectivity index (χ1) is 13.4. The van der Waals surface area contributed by atoms with Gasteiger partial charge in [-0.3, -0.25) is 4.79 Å². The van der Waals surface area contributed by atoms with E-state index in [0.29, 0.717) is 16.3 Å². The van der Waals surface area contributed by atoms with Crippen LogP contribution >= 0.6 is 11.6 Å². The molecule has 1 amide bonds. The van der Waals surface area contributed by atoms with E-state index in [0.717, 1.165) is 0 Å². The second kappa shape index (κ2) is 8.19. The van der Waals surface area contributed by atoms with Gasteiger partial charge in [0.25, 0.3) is 5.91 Å². The number of nitrogens with zero attached hydrogens (tertiary/aromatic N) is 3. The number of hydrogen-bond donors (Lipinski definition) is 0. The molecule has 1 aliphatic heterocycles. The van der Waals surface area contributed by atoms with E-state index in [1.165, 1.54) is 29.6 Å². The largest absolute Gasteiger partial charge is 0.496 e. The van der Waals surface area contributed by atoms with Gasteiger partial charge in [-0.2, -0.15) is 9.57 Å². The van der Waals surface area contributed by atoms with E-state index in [1.54, 1.807) is 29.2 Å². The molecule has 1 saturated heterocycles. The van der Waals surface area contributed by atoms with E-state index in [9.17, 15) is 18.5 Å². The maximum absolute atomic E-state index is 12.9. The Labute approximate surface area is 168 Å². The molecule has 0 radical (unpaired) electrons.